The van der Waals surface area contributed by atoms with Gasteiger partial charge in [0.05, 0.1) is 0 Å². The molecule has 0 fully saturated rings. The predicted molar refractivity (Wildman–Crippen MR) is 78.3 cm³/mol. The van der Waals surface area contributed by atoms with Crippen LogP contribution in [-0.2, 0) is 6.42 Å². The maximum absolute atomic E-state index is 5.86. The van der Waals surface area contributed by atoms with Crippen LogP contribution in [0.1, 0.15) is 58.1 Å². The van der Waals surface area contributed by atoms with Gasteiger partial charge in [-0.2, -0.15) is 0 Å². The fraction of sp³-hybridized carbons (Fsp3) is 0.714. The van der Waals surface area contributed by atoms with Gasteiger partial charge in [0.1, 0.15) is 5.82 Å². The molecule has 0 radical (unpaired) electrons. The van der Waals surface area contributed by atoms with E-state index in [9.17, 15) is 0 Å². The maximum Gasteiger partial charge on any atom is 0.224 e. The van der Waals surface area contributed by atoms with Gasteiger partial charge in [-0.3, -0.25) is 0 Å². The molecule has 1 aromatic heterocycles. The Morgan fingerprint density at radius 1 is 1.06 bits per heavy atom. The number of halogens is 1. The molecule has 0 saturated carbocycles. The third kappa shape index (κ3) is 6.20. The number of rotatable bonds is 9. The van der Waals surface area contributed by atoms with Crippen molar-refractivity contribution in [3.05, 3.63) is 17.0 Å². The van der Waals surface area contributed by atoms with E-state index in [-0.39, 0.29) is 0 Å². The minimum Gasteiger partial charge on any atom is -0.370 e. The van der Waals surface area contributed by atoms with Crippen molar-refractivity contribution in [1.29, 1.82) is 0 Å². The number of nitrogens with one attached hydrogen (secondary N) is 1. The van der Waals surface area contributed by atoms with Gasteiger partial charge in [0.2, 0.25) is 5.28 Å². The summed E-state index contributed by atoms with van der Waals surface area (Å²) in [6, 6.07) is 1.98. The van der Waals surface area contributed by atoms with Crippen molar-refractivity contribution in [3.8, 4) is 0 Å². The lowest BCUT2D eigenvalue weighted by atomic mass is 10.1. The second-order valence-electron chi connectivity index (χ2n) is 4.56. The van der Waals surface area contributed by atoms with Crippen molar-refractivity contribution in [2.45, 2.75) is 58.8 Å². The zero-order chi connectivity index (χ0) is 13.2. The molecule has 3 nitrogen and oxygen atoms in total. The Bertz CT molecular complexity index is 342. The molecule has 18 heavy (non-hydrogen) atoms. The van der Waals surface area contributed by atoms with Crippen LogP contribution in [0.3, 0.4) is 0 Å². The molecule has 0 aliphatic heterocycles. The molecule has 1 aromatic rings. The topological polar surface area (TPSA) is 37.8 Å². The first-order valence-corrected chi connectivity index (χ1v) is 7.41. The average molecular weight is 270 g/mol. The number of aryl methyl sites for hydroxylation is 1. The fourth-order valence-corrected chi connectivity index (χ4v) is 2.06. The summed E-state index contributed by atoms with van der Waals surface area (Å²) in [7, 11) is 0. The number of hydrogen-bond donors (Lipinski definition) is 1. The molecular formula is C14H24ClN3. The highest BCUT2D eigenvalue weighted by atomic mass is 35.5. The Morgan fingerprint density at radius 2 is 1.78 bits per heavy atom. The fourth-order valence-electron chi connectivity index (χ4n) is 1.86. The number of unbranched alkanes of at least 4 members (excludes halogenated alkanes) is 5. The van der Waals surface area contributed by atoms with E-state index in [0.717, 1.165) is 24.5 Å². The smallest absolute Gasteiger partial charge is 0.224 e. The van der Waals surface area contributed by atoms with E-state index in [4.69, 9.17) is 11.6 Å². The quantitative estimate of drug-likeness (QED) is 0.531. The van der Waals surface area contributed by atoms with Gasteiger partial charge in [-0.15, -0.1) is 0 Å². The maximum atomic E-state index is 5.86. The SMILES string of the molecule is CCCCCCCCNc1cc(CC)nc(Cl)n1. The van der Waals surface area contributed by atoms with Gasteiger partial charge in [0.15, 0.2) is 0 Å². The number of hydrogen-bond acceptors (Lipinski definition) is 3. The summed E-state index contributed by atoms with van der Waals surface area (Å²) < 4.78 is 0. The molecule has 0 bridgehead atoms. The third-order valence-electron chi connectivity index (χ3n) is 2.95. The predicted octanol–water partition coefficient (Wildman–Crippen LogP) is 4.46. The van der Waals surface area contributed by atoms with Crippen LogP contribution in [-0.4, -0.2) is 16.5 Å². The zero-order valence-corrected chi connectivity index (χ0v) is 12.3. The highest BCUT2D eigenvalue weighted by Crippen LogP contribution is 2.11. The van der Waals surface area contributed by atoms with Gasteiger partial charge in [-0.1, -0.05) is 46.0 Å². The molecule has 0 atom stereocenters. The van der Waals surface area contributed by atoms with Crippen LogP contribution in [0, 0.1) is 0 Å². The average Bonchev–Trinajstić information content (AvgIpc) is 2.37. The molecule has 4 heteroatoms. The summed E-state index contributed by atoms with van der Waals surface area (Å²) in [4.78, 5) is 8.32. The Kier molecular flexibility index (Phi) is 7.74. The van der Waals surface area contributed by atoms with Crippen LogP contribution in [0.25, 0.3) is 0 Å². The molecule has 1 rings (SSSR count). The number of aromatic nitrogens is 2. The van der Waals surface area contributed by atoms with Crippen LogP contribution >= 0.6 is 11.6 Å². The van der Waals surface area contributed by atoms with Gasteiger partial charge in [-0.05, 0) is 24.4 Å². The summed E-state index contributed by atoms with van der Waals surface area (Å²) in [5, 5.41) is 3.65. The molecule has 0 spiro atoms. The standard InChI is InChI=1S/C14H24ClN3/c1-3-5-6-7-8-9-10-16-13-11-12(4-2)17-14(15)18-13/h11H,3-10H2,1-2H3,(H,16,17,18). The summed E-state index contributed by atoms with van der Waals surface area (Å²) in [5.74, 6) is 0.848. The van der Waals surface area contributed by atoms with Gasteiger partial charge in [-0.25, -0.2) is 9.97 Å². The van der Waals surface area contributed by atoms with Crippen LogP contribution in [0.15, 0.2) is 6.07 Å². The highest BCUT2D eigenvalue weighted by molar-refractivity contribution is 6.28. The molecule has 0 aliphatic carbocycles. The van der Waals surface area contributed by atoms with Gasteiger partial charge in [0, 0.05) is 18.3 Å². The lowest BCUT2D eigenvalue weighted by Gasteiger charge is -2.07. The largest absolute Gasteiger partial charge is 0.370 e. The van der Waals surface area contributed by atoms with Gasteiger partial charge < -0.3 is 5.32 Å². The normalized spacial score (nSPS) is 10.6. The summed E-state index contributed by atoms with van der Waals surface area (Å²) >= 11 is 5.86. The second-order valence-corrected chi connectivity index (χ2v) is 4.90. The van der Waals surface area contributed by atoms with E-state index in [1.54, 1.807) is 0 Å². The van der Waals surface area contributed by atoms with Crippen LogP contribution < -0.4 is 5.32 Å². The Labute approximate surface area is 115 Å². The Morgan fingerprint density at radius 3 is 2.50 bits per heavy atom. The van der Waals surface area contributed by atoms with Crippen molar-refractivity contribution >= 4 is 17.4 Å². The summed E-state index contributed by atoms with van der Waals surface area (Å²) in [6.07, 6.45) is 8.70. The van der Waals surface area contributed by atoms with Crippen LogP contribution in [0.5, 0.6) is 0 Å². The first-order chi connectivity index (χ1) is 8.76. The van der Waals surface area contributed by atoms with E-state index < -0.39 is 0 Å². The van der Waals surface area contributed by atoms with Gasteiger partial charge >= 0.3 is 0 Å². The third-order valence-corrected chi connectivity index (χ3v) is 3.12. The lowest BCUT2D eigenvalue weighted by Crippen LogP contribution is -2.05. The van der Waals surface area contributed by atoms with E-state index in [0.29, 0.717) is 5.28 Å². The van der Waals surface area contributed by atoms with Crippen molar-refractivity contribution in [2.24, 2.45) is 0 Å². The van der Waals surface area contributed by atoms with Crippen molar-refractivity contribution in [3.63, 3.8) is 0 Å². The first kappa shape index (κ1) is 15.2. The monoisotopic (exact) mass is 269 g/mol. The summed E-state index contributed by atoms with van der Waals surface area (Å²) in [6.45, 7) is 5.27. The minimum absolute atomic E-state index is 0.333. The van der Waals surface area contributed by atoms with Crippen molar-refractivity contribution < 1.29 is 0 Å². The molecule has 102 valence electrons. The van der Waals surface area contributed by atoms with E-state index in [1.807, 2.05) is 6.07 Å². The first-order valence-electron chi connectivity index (χ1n) is 7.03. The molecule has 0 unspecified atom stereocenters. The van der Waals surface area contributed by atoms with Crippen LogP contribution in [0.4, 0.5) is 5.82 Å². The molecule has 1 N–H and O–H groups in total. The molecule has 0 aromatic carbocycles. The second kappa shape index (κ2) is 9.15. The highest BCUT2D eigenvalue weighted by Gasteiger charge is 2.00. The Balaban J connectivity index is 2.20. The Hall–Kier alpha value is -0.830. The zero-order valence-electron chi connectivity index (χ0n) is 11.5. The molecule has 0 aliphatic rings. The van der Waals surface area contributed by atoms with E-state index >= 15 is 0 Å². The van der Waals surface area contributed by atoms with Crippen molar-refractivity contribution in [2.75, 3.05) is 11.9 Å². The van der Waals surface area contributed by atoms with E-state index in [1.165, 1.54) is 38.5 Å². The number of anilines is 1. The van der Waals surface area contributed by atoms with E-state index in [2.05, 4.69) is 29.1 Å². The molecule has 0 amide bonds. The number of nitrogens with zero attached hydrogens (tertiary/aromatic N) is 2. The molecular weight excluding hydrogens is 246 g/mol. The molecule has 0 saturated heterocycles. The minimum atomic E-state index is 0.333. The van der Waals surface area contributed by atoms with Gasteiger partial charge in [0.25, 0.3) is 0 Å². The molecule has 1 heterocycles. The lowest BCUT2D eigenvalue weighted by molar-refractivity contribution is 0.616. The van der Waals surface area contributed by atoms with Crippen LogP contribution in [0.2, 0.25) is 5.28 Å². The summed E-state index contributed by atoms with van der Waals surface area (Å²) in [5.41, 5.74) is 0.987. The van der Waals surface area contributed by atoms with Crippen molar-refractivity contribution in [1.82, 2.24) is 9.97 Å².